The SMILES string of the molecule is CCC1CC(F)CN1CC.COc1nc2c3c(c(C(F)(F)F)c(-c4cccc5sc(N)c(C#N)c45)c(F)c3n1)OCCN2C1CCc2ccnc(N)c21. The van der Waals surface area contributed by atoms with E-state index in [1.165, 1.54) is 19.2 Å². The number of nitrogen functional groups attached to an aromatic ring is 2. The van der Waals surface area contributed by atoms with Crippen molar-refractivity contribution in [2.75, 3.05) is 49.7 Å². The maximum Gasteiger partial charge on any atom is 0.420 e. The Labute approximate surface area is 306 Å². The van der Waals surface area contributed by atoms with Crippen LogP contribution in [0.2, 0.25) is 0 Å². The topological polar surface area (TPSA) is 139 Å². The van der Waals surface area contributed by atoms with Crippen molar-refractivity contribution < 1.29 is 31.4 Å². The van der Waals surface area contributed by atoms with Gasteiger partial charge in [0, 0.05) is 40.0 Å². The summed E-state index contributed by atoms with van der Waals surface area (Å²) in [5.74, 6) is -1.53. The number of aromatic nitrogens is 3. The molecule has 8 rings (SSSR count). The second kappa shape index (κ2) is 14.1. The molecule has 3 atom stereocenters. The molecule has 16 heteroatoms. The van der Waals surface area contributed by atoms with Gasteiger partial charge in [-0.05, 0) is 55.5 Å². The summed E-state index contributed by atoms with van der Waals surface area (Å²) in [6, 6.07) is 8.10. The zero-order valence-electron chi connectivity index (χ0n) is 29.2. The predicted molar refractivity (Wildman–Crippen MR) is 194 cm³/mol. The number of fused-ring (bicyclic) bond motifs is 2. The number of benzene rings is 2. The van der Waals surface area contributed by atoms with Crippen LogP contribution >= 0.6 is 11.3 Å². The number of alkyl halides is 4. The Balaban J connectivity index is 0.000000379. The van der Waals surface area contributed by atoms with E-state index in [0.29, 0.717) is 35.9 Å². The number of nitrogens with zero attached hydrogens (tertiary/aromatic N) is 6. The number of nitrogens with two attached hydrogens (primary N) is 2. The van der Waals surface area contributed by atoms with E-state index in [9.17, 15) is 9.65 Å². The number of aryl methyl sites for hydroxylation is 1. The summed E-state index contributed by atoms with van der Waals surface area (Å²) in [6.07, 6.45) is -0.937. The van der Waals surface area contributed by atoms with Crippen LogP contribution in [0.25, 0.3) is 32.1 Å². The number of pyridine rings is 1. The molecule has 3 aromatic heterocycles. The van der Waals surface area contributed by atoms with E-state index < -0.39 is 46.6 Å². The molecule has 2 aliphatic heterocycles. The fourth-order valence-electron chi connectivity index (χ4n) is 7.99. The molecule has 10 nitrogen and oxygen atoms in total. The molecule has 0 saturated carbocycles. The Hall–Kier alpha value is -5.01. The van der Waals surface area contributed by atoms with Crippen molar-refractivity contribution in [1.82, 2.24) is 19.9 Å². The lowest BCUT2D eigenvalue weighted by Gasteiger charge is -2.30. The van der Waals surface area contributed by atoms with Crippen LogP contribution in [0.15, 0.2) is 30.5 Å². The van der Waals surface area contributed by atoms with Crippen molar-refractivity contribution in [3.8, 4) is 29.0 Å². The van der Waals surface area contributed by atoms with E-state index >= 15 is 17.6 Å². The highest BCUT2D eigenvalue weighted by Crippen LogP contribution is 2.54. The van der Waals surface area contributed by atoms with Crippen LogP contribution in [0.5, 0.6) is 11.8 Å². The van der Waals surface area contributed by atoms with Crippen molar-refractivity contribution >= 4 is 49.0 Å². The summed E-state index contributed by atoms with van der Waals surface area (Å²) in [5.41, 5.74) is 11.3. The number of ether oxygens (including phenoxy) is 2. The first-order valence-electron chi connectivity index (χ1n) is 17.3. The summed E-state index contributed by atoms with van der Waals surface area (Å²) >= 11 is 1.03. The van der Waals surface area contributed by atoms with Gasteiger partial charge in [0.2, 0.25) is 0 Å². The number of rotatable bonds is 5. The summed E-state index contributed by atoms with van der Waals surface area (Å²) in [5, 5.41) is 9.79. The van der Waals surface area contributed by atoms with Crippen LogP contribution in [0.1, 0.15) is 61.4 Å². The van der Waals surface area contributed by atoms with Crippen LogP contribution in [0.3, 0.4) is 0 Å². The maximum absolute atomic E-state index is 16.8. The minimum Gasteiger partial charge on any atom is -0.490 e. The quantitative estimate of drug-likeness (QED) is 0.171. The molecular weight excluding hydrogens is 716 g/mol. The van der Waals surface area contributed by atoms with Crippen molar-refractivity contribution in [3.63, 3.8) is 0 Å². The van der Waals surface area contributed by atoms with Gasteiger partial charge < -0.3 is 25.8 Å². The maximum atomic E-state index is 16.8. The standard InChI is InChI=1S/C29H21F4N7O2S.C8H16FN/c1-41-28-38-23-20-24(42-10-9-40(27(20)39-28)15-6-5-12-7-8-37-25(35)17(12)15)21(29(31,32)33)19(22(23)30)13-3-2-4-16-18(13)14(11-34)26(36)43-16;1-3-8-5-7(9)6-10(8)4-2/h2-4,7-8,15H,5-6,9-10,36H2,1H3,(H2,35,37);7-8H,3-6H2,1-2H3. The number of thiophene rings is 1. The summed E-state index contributed by atoms with van der Waals surface area (Å²) < 4.78 is 86.6. The lowest BCUT2D eigenvalue weighted by Crippen LogP contribution is -2.32. The van der Waals surface area contributed by atoms with Crippen LogP contribution in [0, 0.1) is 17.1 Å². The van der Waals surface area contributed by atoms with Crippen LogP contribution in [0.4, 0.5) is 38.6 Å². The highest BCUT2D eigenvalue weighted by Gasteiger charge is 2.44. The number of methoxy groups -OCH3 is 1. The van der Waals surface area contributed by atoms with Crippen LogP contribution in [-0.2, 0) is 12.6 Å². The number of halogens is 5. The molecule has 5 aromatic rings. The number of hydrogen-bond donors (Lipinski definition) is 2. The molecule has 1 saturated heterocycles. The third-order valence-electron chi connectivity index (χ3n) is 10.3. The Morgan fingerprint density at radius 1 is 1.15 bits per heavy atom. The van der Waals surface area contributed by atoms with Gasteiger partial charge in [-0.15, -0.1) is 11.3 Å². The Morgan fingerprint density at radius 3 is 2.62 bits per heavy atom. The fourth-order valence-corrected chi connectivity index (χ4v) is 8.94. The van der Waals surface area contributed by atoms with Gasteiger partial charge in [-0.25, -0.2) is 13.8 Å². The minimum absolute atomic E-state index is 0.0297. The molecule has 0 radical (unpaired) electrons. The molecule has 5 heterocycles. The Morgan fingerprint density at radius 2 is 1.94 bits per heavy atom. The first kappa shape index (κ1) is 36.4. The Bertz CT molecular complexity index is 2250. The second-order valence-electron chi connectivity index (χ2n) is 13.1. The predicted octanol–water partition coefficient (Wildman–Crippen LogP) is 7.82. The van der Waals surface area contributed by atoms with E-state index in [0.717, 1.165) is 41.9 Å². The van der Waals surface area contributed by atoms with E-state index in [1.54, 1.807) is 17.2 Å². The number of anilines is 3. The van der Waals surface area contributed by atoms with Crippen LogP contribution in [-0.4, -0.2) is 65.4 Å². The largest absolute Gasteiger partial charge is 0.490 e. The van der Waals surface area contributed by atoms with Gasteiger partial charge in [0.25, 0.3) is 0 Å². The second-order valence-corrected chi connectivity index (χ2v) is 14.2. The van der Waals surface area contributed by atoms with Gasteiger partial charge in [0.15, 0.2) is 5.82 Å². The number of nitriles is 1. The monoisotopic (exact) mass is 752 g/mol. The highest BCUT2D eigenvalue weighted by molar-refractivity contribution is 7.23. The summed E-state index contributed by atoms with van der Waals surface area (Å²) in [4.78, 5) is 16.8. The first-order valence-corrected chi connectivity index (χ1v) is 18.1. The zero-order chi connectivity index (χ0) is 37.8. The molecule has 278 valence electrons. The van der Waals surface area contributed by atoms with Gasteiger partial charge in [-0.2, -0.15) is 28.4 Å². The van der Waals surface area contributed by atoms with Crippen molar-refractivity contribution in [2.24, 2.45) is 0 Å². The first-order chi connectivity index (χ1) is 25.4. The average Bonchev–Trinajstić information content (AvgIpc) is 3.80. The lowest BCUT2D eigenvalue weighted by molar-refractivity contribution is -0.138. The minimum atomic E-state index is -5.07. The smallest absolute Gasteiger partial charge is 0.420 e. The van der Waals surface area contributed by atoms with Crippen LogP contribution < -0.4 is 25.8 Å². The fraction of sp³-hybridized carbons (Fsp3) is 0.405. The molecule has 1 fully saturated rings. The molecule has 0 spiro atoms. The third kappa shape index (κ3) is 6.19. The number of likely N-dealkylation sites (tertiary alicyclic amines) is 1. The number of hydrogen-bond acceptors (Lipinski definition) is 11. The molecule has 1 aliphatic carbocycles. The Kier molecular flexibility index (Phi) is 9.66. The lowest BCUT2D eigenvalue weighted by atomic mass is 9.91. The molecule has 4 N–H and O–H groups in total. The van der Waals surface area contributed by atoms with Gasteiger partial charge in [0.05, 0.1) is 30.6 Å². The van der Waals surface area contributed by atoms with E-state index in [-0.39, 0.29) is 51.9 Å². The molecule has 0 amide bonds. The normalized spacial score (nSPS) is 19.8. The van der Waals surface area contributed by atoms with Gasteiger partial charge in [-0.1, -0.05) is 26.0 Å². The van der Waals surface area contributed by atoms with Crippen molar-refractivity contribution in [2.45, 2.75) is 64.0 Å². The van der Waals surface area contributed by atoms with Gasteiger partial charge >= 0.3 is 12.2 Å². The highest BCUT2D eigenvalue weighted by atomic mass is 32.1. The zero-order valence-corrected chi connectivity index (χ0v) is 30.0. The summed E-state index contributed by atoms with van der Waals surface area (Å²) in [7, 11) is 1.29. The van der Waals surface area contributed by atoms with E-state index in [4.69, 9.17) is 20.9 Å². The third-order valence-corrected chi connectivity index (χ3v) is 11.3. The molecule has 53 heavy (non-hydrogen) atoms. The molecule has 3 unspecified atom stereocenters. The van der Waals surface area contributed by atoms with Crippen molar-refractivity contribution in [3.05, 3.63) is 58.5 Å². The molecule has 0 bridgehead atoms. The summed E-state index contributed by atoms with van der Waals surface area (Å²) in [6.45, 7) is 5.83. The molecule has 2 aromatic carbocycles. The van der Waals surface area contributed by atoms with Gasteiger partial charge in [0.1, 0.15) is 52.3 Å². The molecular formula is C37H37F5N8O2S. The van der Waals surface area contributed by atoms with E-state index in [2.05, 4.69) is 33.7 Å². The van der Waals surface area contributed by atoms with E-state index in [1.807, 2.05) is 12.1 Å². The molecule has 3 aliphatic rings. The van der Waals surface area contributed by atoms with Crippen molar-refractivity contribution in [1.29, 1.82) is 5.26 Å². The average molecular weight is 753 g/mol. The van der Waals surface area contributed by atoms with Gasteiger partial charge in [-0.3, -0.25) is 4.90 Å².